The van der Waals surface area contributed by atoms with Crippen LogP contribution in [0.15, 0.2) is 72.8 Å². The van der Waals surface area contributed by atoms with Crippen molar-refractivity contribution in [3.05, 3.63) is 89.7 Å². The molecule has 0 radical (unpaired) electrons. The fraction of sp³-hybridized carbons (Fsp3) is 0.286. The molecule has 0 aliphatic heterocycles. The molecule has 160 valence electrons. The molecule has 3 rings (SSSR count). The molecule has 0 fully saturated rings. The Morgan fingerprint density at radius 1 is 1.03 bits per heavy atom. The van der Waals surface area contributed by atoms with E-state index in [9.17, 15) is 4.39 Å². The number of hydrogen-bond acceptors (Lipinski definition) is 2. The van der Waals surface area contributed by atoms with Crippen molar-refractivity contribution in [1.29, 1.82) is 0 Å². The van der Waals surface area contributed by atoms with Crippen molar-refractivity contribution in [2.24, 2.45) is 0 Å². The van der Waals surface area contributed by atoms with E-state index in [1.54, 1.807) is 0 Å². The van der Waals surface area contributed by atoms with Gasteiger partial charge in [0.2, 0.25) is 0 Å². The van der Waals surface area contributed by atoms with Gasteiger partial charge in [-0.05, 0) is 80.1 Å². The summed E-state index contributed by atoms with van der Waals surface area (Å²) in [4.78, 5) is 0. The molecule has 0 spiro atoms. The van der Waals surface area contributed by atoms with Crippen LogP contribution in [0.1, 0.15) is 44.2 Å². The van der Waals surface area contributed by atoms with Crippen molar-refractivity contribution < 1.29 is 9.13 Å². The number of anilines is 2. The van der Waals surface area contributed by atoms with Crippen molar-refractivity contribution in [1.82, 2.24) is 0 Å². The summed E-state index contributed by atoms with van der Waals surface area (Å²) in [6.45, 7) is 4.90. The number of rotatable bonds is 10. The Morgan fingerprint density at radius 2 is 1.77 bits per heavy atom. The number of nitrogens with one attached hydrogen (secondary N) is 1. The highest BCUT2D eigenvalue weighted by molar-refractivity contribution is 5.60. The number of para-hydroxylation sites is 1. The lowest BCUT2D eigenvalue weighted by atomic mass is 9.78. The zero-order valence-electron chi connectivity index (χ0n) is 18.3. The molecule has 3 aromatic carbocycles. The summed E-state index contributed by atoms with van der Waals surface area (Å²) in [6.07, 6.45) is 9.49. The van der Waals surface area contributed by atoms with E-state index < -0.39 is 0 Å². The first-order valence-corrected chi connectivity index (χ1v) is 10.9. The number of benzene rings is 3. The van der Waals surface area contributed by atoms with E-state index in [-0.39, 0.29) is 11.2 Å². The summed E-state index contributed by atoms with van der Waals surface area (Å²) in [5, 5.41) is 3.16. The lowest BCUT2D eigenvalue weighted by Gasteiger charge is -2.24. The molecule has 1 N–H and O–H groups in total. The molecule has 0 aromatic heterocycles. The summed E-state index contributed by atoms with van der Waals surface area (Å²) >= 11 is 0. The lowest BCUT2D eigenvalue weighted by Crippen LogP contribution is -2.19. The summed E-state index contributed by atoms with van der Waals surface area (Å²) in [6, 6.07) is 23.0. The van der Waals surface area contributed by atoms with Crippen molar-refractivity contribution in [2.75, 3.05) is 11.9 Å². The van der Waals surface area contributed by atoms with E-state index in [4.69, 9.17) is 11.2 Å². The number of halogens is 1. The molecule has 0 heterocycles. The van der Waals surface area contributed by atoms with Crippen LogP contribution in [0.5, 0.6) is 5.75 Å². The zero-order chi connectivity index (χ0) is 22.1. The molecule has 0 saturated carbocycles. The third-order valence-electron chi connectivity index (χ3n) is 5.51. The van der Waals surface area contributed by atoms with Crippen molar-refractivity contribution in [3.8, 4) is 18.1 Å². The van der Waals surface area contributed by atoms with Gasteiger partial charge in [0.25, 0.3) is 0 Å². The van der Waals surface area contributed by atoms with E-state index in [2.05, 4.69) is 37.2 Å². The first-order valence-electron chi connectivity index (χ1n) is 10.9. The molecule has 1 unspecified atom stereocenters. The first-order chi connectivity index (χ1) is 15.0. The highest BCUT2D eigenvalue weighted by atomic mass is 19.1. The van der Waals surface area contributed by atoms with Crippen LogP contribution < -0.4 is 10.1 Å². The van der Waals surface area contributed by atoms with Crippen LogP contribution in [0.3, 0.4) is 0 Å². The van der Waals surface area contributed by atoms with Gasteiger partial charge in [-0.2, -0.15) is 0 Å². The average molecular weight is 416 g/mol. The molecule has 0 aliphatic rings. The third-order valence-corrected chi connectivity index (χ3v) is 5.51. The Hall–Kier alpha value is -3.25. The van der Waals surface area contributed by atoms with Crippen molar-refractivity contribution in [3.63, 3.8) is 0 Å². The van der Waals surface area contributed by atoms with Crippen molar-refractivity contribution >= 4 is 11.4 Å². The van der Waals surface area contributed by atoms with E-state index in [1.807, 2.05) is 54.6 Å². The summed E-state index contributed by atoms with van der Waals surface area (Å²) in [5.41, 5.74) is 3.21. The normalized spacial score (nSPS) is 12.6. The van der Waals surface area contributed by atoms with Gasteiger partial charge in [-0.3, -0.25) is 0 Å². The Labute approximate surface area is 185 Å². The first kappa shape index (κ1) is 22.4. The Kier molecular flexibility index (Phi) is 7.73. The maximum absolute atomic E-state index is 14.3. The molecule has 0 amide bonds. The van der Waals surface area contributed by atoms with Crippen LogP contribution in [0.4, 0.5) is 15.8 Å². The highest BCUT2D eigenvalue weighted by Crippen LogP contribution is 2.31. The summed E-state index contributed by atoms with van der Waals surface area (Å²) in [7, 11) is 0. The van der Waals surface area contributed by atoms with E-state index in [1.165, 1.54) is 6.07 Å². The number of hydrogen-bond donors (Lipinski definition) is 1. The van der Waals surface area contributed by atoms with Gasteiger partial charge in [0.15, 0.2) is 0 Å². The second-order valence-electron chi connectivity index (χ2n) is 8.01. The van der Waals surface area contributed by atoms with Crippen LogP contribution in [-0.4, -0.2) is 6.61 Å². The maximum atomic E-state index is 14.3. The molecular formula is C28H30FNO. The minimum absolute atomic E-state index is 0.258. The van der Waals surface area contributed by atoms with Gasteiger partial charge in [0.05, 0.1) is 17.7 Å². The molecule has 2 nitrogen and oxygen atoms in total. The predicted molar refractivity (Wildman–Crippen MR) is 127 cm³/mol. The van der Waals surface area contributed by atoms with Crippen LogP contribution in [0.2, 0.25) is 0 Å². The Balaban J connectivity index is 1.62. The molecular weight excluding hydrogens is 385 g/mol. The number of terminal acetylenes is 1. The van der Waals surface area contributed by atoms with Gasteiger partial charge >= 0.3 is 0 Å². The molecule has 3 heteroatoms. The van der Waals surface area contributed by atoms with Gasteiger partial charge in [-0.1, -0.05) is 49.2 Å². The summed E-state index contributed by atoms with van der Waals surface area (Å²) < 4.78 is 19.9. The largest absolute Gasteiger partial charge is 0.494 e. The van der Waals surface area contributed by atoms with E-state index in [0.29, 0.717) is 12.3 Å². The Bertz CT molecular complexity index is 1010. The van der Waals surface area contributed by atoms with Gasteiger partial charge in [0, 0.05) is 5.69 Å². The van der Waals surface area contributed by atoms with Gasteiger partial charge in [-0.25, -0.2) is 4.39 Å². The second-order valence-corrected chi connectivity index (χ2v) is 8.01. The van der Waals surface area contributed by atoms with Crippen LogP contribution in [0, 0.1) is 18.2 Å². The topological polar surface area (TPSA) is 21.3 Å². The molecule has 1 atom stereocenters. The van der Waals surface area contributed by atoms with Crippen LogP contribution in [-0.2, 0) is 11.8 Å². The summed E-state index contributed by atoms with van der Waals surface area (Å²) in [5.74, 6) is 3.60. The predicted octanol–water partition coefficient (Wildman–Crippen LogP) is 7.27. The zero-order valence-corrected chi connectivity index (χ0v) is 18.3. The monoisotopic (exact) mass is 415 g/mol. The number of ether oxygens (including phenoxy) is 1. The molecule has 0 bridgehead atoms. The lowest BCUT2D eigenvalue weighted by molar-refractivity contribution is 0.317. The fourth-order valence-corrected chi connectivity index (χ4v) is 3.59. The number of aryl methyl sites for hydroxylation is 1. The maximum Gasteiger partial charge on any atom is 0.146 e. The van der Waals surface area contributed by atoms with Crippen LogP contribution in [0.25, 0.3) is 0 Å². The van der Waals surface area contributed by atoms with Gasteiger partial charge in [0.1, 0.15) is 11.6 Å². The second kappa shape index (κ2) is 10.7. The van der Waals surface area contributed by atoms with Crippen molar-refractivity contribution in [2.45, 2.75) is 44.9 Å². The molecule has 0 aliphatic carbocycles. The fourth-order valence-electron chi connectivity index (χ4n) is 3.59. The molecule has 0 saturated heterocycles. The standard InChI is InChI=1S/C28H30FNO/c1-4-20-31-25-16-14-23(15-17-25)28(3,5-2)19-9-10-22-13-18-26(29)27(21-22)30-24-11-7-6-8-12-24/h2,6-8,11-18,21,30H,4,9-10,19-20H2,1,3H3. The minimum atomic E-state index is -0.353. The third kappa shape index (κ3) is 6.12. The minimum Gasteiger partial charge on any atom is -0.494 e. The van der Waals surface area contributed by atoms with E-state index >= 15 is 0 Å². The van der Waals surface area contributed by atoms with Crippen LogP contribution >= 0.6 is 0 Å². The smallest absolute Gasteiger partial charge is 0.146 e. The highest BCUT2D eigenvalue weighted by Gasteiger charge is 2.23. The molecule has 31 heavy (non-hydrogen) atoms. The Morgan fingerprint density at radius 3 is 2.45 bits per heavy atom. The average Bonchev–Trinajstić information content (AvgIpc) is 2.80. The van der Waals surface area contributed by atoms with Gasteiger partial charge in [-0.15, -0.1) is 6.42 Å². The molecule has 3 aromatic rings. The quantitative estimate of drug-likeness (QED) is 0.352. The van der Waals surface area contributed by atoms with Gasteiger partial charge < -0.3 is 10.1 Å². The SMILES string of the molecule is C#CC(C)(CCCc1ccc(F)c(Nc2ccccc2)c1)c1ccc(OCCC)cc1. The van der Waals surface area contributed by atoms with E-state index in [0.717, 1.165) is 48.2 Å².